The zero-order chi connectivity index (χ0) is 19.4. The molecular formula is C21H25N3O3. The van der Waals surface area contributed by atoms with Gasteiger partial charge in [-0.2, -0.15) is 0 Å². The fourth-order valence-corrected chi connectivity index (χ4v) is 3.97. The second kappa shape index (κ2) is 8.31. The van der Waals surface area contributed by atoms with E-state index < -0.39 is 0 Å². The van der Waals surface area contributed by atoms with Crippen molar-refractivity contribution in [3.63, 3.8) is 0 Å². The number of aromatic nitrogens is 1. The Labute approximate surface area is 159 Å². The maximum Gasteiger partial charge on any atom is 0.272 e. The van der Waals surface area contributed by atoms with Gasteiger partial charge >= 0.3 is 0 Å². The number of carbonyl (C=O) groups is 2. The van der Waals surface area contributed by atoms with Crippen molar-refractivity contribution in [3.8, 4) is 0 Å². The molecule has 1 aromatic carbocycles. The van der Waals surface area contributed by atoms with Gasteiger partial charge in [0.05, 0.1) is 18.7 Å². The smallest absolute Gasteiger partial charge is 0.272 e. The molecule has 1 fully saturated rings. The van der Waals surface area contributed by atoms with Crippen LogP contribution in [0.3, 0.4) is 0 Å². The number of pyridine rings is 1. The molecular weight excluding hydrogens is 342 g/mol. The highest BCUT2D eigenvalue weighted by atomic mass is 16.3. The third-order valence-corrected chi connectivity index (χ3v) is 5.24. The van der Waals surface area contributed by atoms with E-state index in [2.05, 4.69) is 4.98 Å². The summed E-state index contributed by atoms with van der Waals surface area (Å²) in [5.74, 6) is -0.251. The monoisotopic (exact) mass is 367 g/mol. The summed E-state index contributed by atoms with van der Waals surface area (Å²) in [4.78, 5) is 32.6. The molecule has 2 amide bonds. The number of amides is 2. The Kier molecular flexibility index (Phi) is 5.86. The molecule has 0 bridgehead atoms. The van der Waals surface area contributed by atoms with Gasteiger partial charge in [-0.1, -0.05) is 36.4 Å². The second-order valence-electron chi connectivity index (χ2n) is 6.74. The SMILES string of the molecule is CCN(C[C@@H]1[C@@H](c2ccccc2)[C@@H](CO)N1C(C)=O)C(=O)c1ccccn1. The Morgan fingerprint density at radius 2 is 1.81 bits per heavy atom. The van der Waals surface area contributed by atoms with E-state index in [0.29, 0.717) is 18.8 Å². The maximum atomic E-state index is 12.8. The largest absolute Gasteiger partial charge is 0.394 e. The molecule has 6 heteroatoms. The molecule has 0 unspecified atom stereocenters. The average molecular weight is 367 g/mol. The molecule has 3 atom stereocenters. The molecule has 0 spiro atoms. The van der Waals surface area contributed by atoms with Gasteiger partial charge in [0.2, 0.25) is 5.91 Å². The molecule has 1 aromatic heterocycles. The first-order chi connectivity index (χ1) is 13.1. The van der Waals surface area contributed by atoms with Gasteiger partial charge < -0.3 is 14.9 Å². The number of hydrogen-bond donors (Lipinski definition) is 1. The van der Waals surface area contributed by atoms with Crippen LogP contribution < -0.4 is 0 Å². The molecule has 142 valence electrons. The van der Waals surface area contributed by atoms with Crippen molar-refractivity contribution >= 4 is 11.8 Å². The van der Waals surface area contributed by atoms with Crippen LogP contribution in [0.4, 0.5) is 0 Å². The first kappa shape index (κ1) is 19.0. The van der Waals surface area contributed by atoms with Crippen LogP contribution in [-0.2, 0) is 4.79 Å². The molecule has 1 aliphatic rings. The highest BCUT2D eigenvalue weighted by Gasteiger charge is 2.50. The van der Waals surface area contributed by atoms with Gasteiger partial charge in [0.1, 0.15) is 5.69 Å². The first-order valence-electron chi connectivity index (χ1n) is 9.23. The Bertz CT molecular complexity index is 782. The van der Waals surface area contributed by atoms with Crippen LogP contribution in [0.2, 0.25) is 0 Å². The van der Waals surface area contributed by atoms with Gasteiger partial charge in [-0.3, -0.25) is 14.6 Å². The Balaban J connectivity index is 1.86. The van der Waals surface area contributed by atoms with Crippen molar-refractivity contribution in [2.75, 3.05) is 19.7 Å². The van der Waals surface area contributed by atoms with Gasteiger partial charge in [-0.05, 0) is 24.6 Å². The average Bonchev–Trinajstić information content (AvgIpc) is 2.68. The molecule has 1 saturated heterocycles. The zero-order valence-corrected chi connectivity index (χ0v) is 15.7. The summed E-state index contributed by atoms with van der Waals surface area (Å²) in [7, 11) is 0. The fourth-order valence-electron chi connectivity index (χ4n) is 3.97. The van der Waals surface area contributed by atoms with E-state index in [1.165, 1.54) is 6.92 Å². The van der Waals surface area contributed by atoms with Crippen LogP contribution in [0.1, 0.15) is 35.8 Å². The third-order valence-electron chi connectivity index (χ3n) is 5.24. The van der Waals surface area contributed by atoms with Crippen molar-refractivity contribution in [2.45, 2.75) is 31.8 Å². The minimum Gasteiger partial charge on any atom is -0.394 e. The lowest BCUT2D eigenvalue weighted by Crippen LogP contribution is -2.68. The lowest BCUT2D eigenvalue weighted by atomic mass is 9.74. The number of aliphatic hydroxyl groups excluding tert-OH is 1. The standard InChI is InChI=1S/C21H25N3O3/c1-3-23(21(27)17-11-7-8-12-22-17)13-18-20(16-9-5-4-6-10-16)19(14-25)24(18)15(2)26/h4-12,18-20,25H,3,13-14H2,1-2H3/t18-,19-,20-/m1/s1. The van der Waals surface area contributed by atoms with Gasteiger partial charge in [0.25, 0.3) is 5.91 Å². The van der Waals surface area contributed by atoms with Crippen molar-refractivity contribution < 1.29 is 14.7 Å². The molecule has 6 nitrogen and oxygen atoms in total. The van der Waals surface area contributed by atoms with E-state index >= 15 is 0 Å². The summed E-state index contributed by atoms with van der Waals surface area (Å²) < 4.78 is 0. The lowest BCUT2D eigenvalue weighted by molar-refractivity contribution is -0.149. The quantitative estimate of drug-likeness (QED) is 0.847. The highest BCUT2D eigenvalue weighted by molar-refractivity contribution is 5.92. The number of aliphatic hydroxyl groups is 1. The van der Waals surface area contributed by atoms with Crippen LogP contribution in [0.15, 0.2) is 54.7 Å². The van der Waals surface area contributed by atoms with Crippen LogP contribution in [-0.4, -0.2) is 63.5 Å². The maximum absolute atomic E-state index is 12.8. The number of hydrogen-bond acceptors (Lipinski definition) is 4. The Morgan fingerprint density at radius 3 is 2.37 bits per heavy atom. The van der Waals surface area contributed by atoms with Gasteiger partial charge in [-0.15, -0.1) is 0 Å². The first-order valence-corrected chi connectivity index (χ1v) is 9.23. The summed E-state index contributed by atoms with van der Waals surface area (Å²) in [6, 6.07) is 14.7. The lowest BCUT2D eigenvalue weighted by Gasteiger charge is -2.55. The van der Waals surface area contributed by atoms with Crippen molar-refractivity contribution in [2.24, 2.45) is 0 Å². The van der Waals surface area contributed by atoms with Gasteiger partial charge in [0.15, 0.2) is 0 Å². The predicted octanol–water partition coefficient (Wildman–Crippen LogP) is 1.92. The van der Waals surface area contributed by atoms with Crippen molar-refractivity contribution in [3.05, 3.63) is 66.0 Å². The fraction of sp³-hybridized carbons (Fsp3) is 0.381. The summed E-state index contributed by atoms with van der Waals surface area (Å²) in [5, 5.41) is 9.85. The predicted molar refractivity (Wildman–Crippen MR) is 102 cm³/mol. The van der Waals surface area contributed by atoms with Crippen LogP contribution in [0, 0.1) is 0 Å². The topological polar surface area (TPSA) is 73.7 Å². The Morgan fingerprint density at radius 1 is 1.11 bits per heavy atom. The third kappa shape index (κ3) is 3.71. The molecule has 0 aliphatic carbocycles. The molecule has 1 N–H and O–H groups in total. The summed E-state index contributed by atoms with van der Waals surface area (Å²) in [5.41, 5.74) is 1.46. The molecule has 2 aromatic rings. The van der Waals surface area contributed by atoms with Crippen LogP contribution in [0.5, 0.6) is 0 Å². The van der Waals surface area contributed by atoms with Gasteiger partial charge in [-0.25, -0.2) is 0 Å². The number of likely N-dealkylation sites (N-methyl/N-ethyl adjacent to an activating group) is 1. The van der Waals surface area contributed by atoms with E-state index in [-0.39, 0.29) is 36.4 Å². The van der Waals surface area contributed by atoms with E-state index in [9.17, 15) is 14.7 Å². The summed E-state index contributed by atoms with van der Waals surface area (Å²) in [6.07, 6.45) is 1.60. The molecule has 0 radical (unpaired) electrons. The number of likely N-dealkylation sites (tertiary alicyclic amines) is 1. The summed E-state index contributed by atoms with van der Waals surface area (Å²) >= 11 is 0. The summed E-state index contributed by atoms with van der Waals surface area (Å²) in [6.45, 7) is 4.24. The Hall–Kier alpha value is -2.73. The zero-order valence-electron chi connectivity index (χ0n) is 15.7. The number of benzene rings is 1. The molecule has 1 aliphatic heterocycles. The van der Waals surface area contributed by atoms with E-state index in [1.807, 2.05) is 37.3 Å². The minimum absolute atomic E-state index is 0.00863. The van der Waals surface area contributed by atoms with E-state index in [4.69, 9.17) is 0 Å². The second-order valence-corrected chi connectivity index (χ2v) is 6.74. The number of nitrogens with zero attached hydrogens (tertiary/aromatic N) is 3. The van der Waals surface area contributed by atoms with Crippen LogP contribution >= 0.6 is 0 Å². The van der Waals surface area contributed by atoms with Gasteiger partial charge in [0, 0.05) is 32.1 Å². The van der Waals surface area contributed by atoms with Crippen LogP contribution in [0.25, 0.3) is 0 Å². The number of carbonyl (C=O) groups excluding carboxylic acids is 2. The van der Waals surface area contributed by atoms with Crippen molar-refractivity contribution in [1.82, 2.24) is 14.8 Å². The number of rotatable bonds is 6. The normalized spacial score (nSPS) is 21.4. The van der Waals surface area contributed by atoms with E-state index in [0.717, 1.165) is 5.56 Å². The minimum atomic E-state index is -0.265. The van der Waals surface area contributed by atoms with E-state index in [1.54, 1.807) is 34.2 Å². The molecule has 27 heavy (non-hydrogen) atoms. The molecule has 3 rings (SSSR count). The highest BCUT2D eigenvalue weighted by Crippen LogP contribution is 2.41. The molecule has 0 saturated carbocycles. The molecule has 2 heterocycles. The van der Waals surface area contributed by atoms with Crippen molar-refractivity contribution in [1.29, 1.82) is 0 Å².